The van der Waals surface area contributed by atoms with Crippen LogP contribution in [-0.4, -0.2) is 18.6 Å². The Bertz CT molecular complexity index is 519. The summed E-state index contributed by atoms with van der Waals surface area (Å²) < 4.78 is 10.7. The summed E-state index contributed by atoms with van der Waals surface area (Å²) in [6, 6.07) is 1.96. The van der Waals surface area contributed by atoms with Crippen molar-refractivity contribution in [1.82, 2.24) is 10.3 Å². The van der Waals surface area contributed by atoms with Crippen LogP contribution in [-0.2, 0) is 17.9 Å². The van der Waals surface area contributed by atoms with Crippen molar-refractivity contribution in [1.29, 1.82) is 0 Å². The zero-order valence-corrected chi connectivity index (χ0v) is 12.5. The Hall–Kier alpha value is -1.17. The third-order valence-electron chi connectivity index (χ3n) is 2.83. The van der Waals surface area contributed by atoms with E-state index in [2.05, 4.69) is 17.2 Å². The highest BCUT2D eigenvalue weighted by atomic mass is 32.1. The van der Waals surface area contributed by atoms with Gasteiger partial charge in [0.2, 0.25) is 0 Å². The van der Waals surface area contributed by atoms with E-state index in [0.717, 1.165) is 41.5 Å². The van der Waals surface area contributed by atoms with Gasteiger partial charge in [0, 0.05) is 18.5 Å². The first-order chi connectivity index (χ1) is 9.26. The smallest absolute Gasteiger partial charge is 0.165 e. The van der Waals surface area contributed by atoms with Crippen molar-refractivity contribution in [3.8, 4) is 10.8 Å². The molecule has 0 bridgehead atoms. The largest absolute Gasteiger partial charge is 0.462 e. The molecule has 19 heavy (non-hydrogen) atoms. The summed E-state index contributed by atoms with van der Waals surface area (Å²) in [6.45, 7) is 6.58. The lowest BCUT2D eigenvalue weighted by molar-refractivity contribution is 0.181. The van der Waals surface area contributed by atoms with Crippen molar-refractivity contribution in [3.63, 3.8) is 0 Å². The number of aryl methyl sites for hydroxylation is 1. The number of aromatic nitrogens is 1. The molecular weight excluding hydrogens is 260 g/mol. The quantitative estimate of drug-likeness (QED) is 0.790. The van der Waals surface area contributed by atoms with E-state index in [9.17, 15) is 0 Å². The molecule has 0 saturated heterocycles. The summed E-state index contributed by atoms with van der Waals surface area (Å²) in [5.74, 6) is 0.865. The second-order valence-corrected chi connectivity index (χ2v) is 5.52. The van der Waals surface area contributed by atoms with E-state index < -0.39 is 0 Å². The van der Waals surface area contributed by atoms with E-state index in [4.69, 9.17) is 9.15 Å². The highest BCUT2D eigenvalue weighted by molar-refractivity contribution is 7.15. The number of rotatable bonds is 7. The van der Waals surface area contributed by atoms with E-state index in [1.165, 1.54) is 4.88 Å². The number of nitrogens with one attached hydrogen (secondary N) is 1. The predicted molar refractivity (Wildman–Crippen MR) is 77.3 cm³/mol. The topological polar surface area (TPSA) is 47.3 Å². The van der Waals surface area contributed by atoms with Gasteiger partial charge in [0.05, 0.1) is 18.6 Å². The Kier molecular flexibility index (Phi) is 5.13. The van der Waals surface area contributed by atoms with Crippen LogP contribution in [0.4, 0.5) is 0 Å². The summed E-state index contributed by atoms with van der Waals surface area (Å²) >= 11 is 1.67. The predicted octanol–water partition coefficient (Wildman–Crippen LogP) is 3.36. The Balaban J connectivity index is 2.22. The van der Waals surface area contributed by atoms with Crippen molar-refractivity contribution in [2.75, 3.05) is 13.7 Å². The summed E-state index contributed by atoms with van der Waals surface area (Å²) in [5, 5.41) is 4.34. The lowest BCUT2D eigenvalue weighted by Gasteiger charge is -2.02. The van der Waals surface area contributed by atoms with Gasteiger partial charge in [-0.2, -0.15) is 0 Å². The summed E-state index contributed by atoms with van der Waals surface area (Å²) in [6.07, 6.45) is 2.83. The minimum atomic E-state index is 0.541. The average molecular weight is 280 g/mol. The van der Waals surface area contributed by atoms with Crippen LogP contribution in [0.1, 0.15) is 29.5 Å². The maximum absolute atomic E-state index is 5.51. The van der Waals surface area contributed by atoms with Gasteiger partial charge in [-0.05, 0) is 31.5 Å². The lowest BCUT2D eigenvalue weighted by atomic mass is 10.3. The van der Waals surface area contributed by atoms with Gasteiger partial charge in [0.15, 0.2) is 10.8 Å². The maximum atomic E-state index is 5.51. The van der Waals surface area contributed by atoms with Crippen molar-refractivity contribution >= 4 is 11.3 Å². The first-order valence-corrected chi connectivity index (χ1v) is 7.30. The molecule has 0 fully saturated rings. The SMILES string of the molecule is CCCNCc1sc(-c2occc2C)nc1COC. The maximum Gasteiger partial charge on any atom is 0.165 e. The van der Waals surface area contributed by atoms with Crippen LogP contribution >= 0.6 is 11.3 Å². The molecule has 0 aliphatic heterocycles. The normalized spacial score (nSPS) is 11.1. The van der Waals surface area contributed by atoms with Crippen molar-refractivity contribution in [2.45, 2.75) is 33.4 Å². The molecule has 2 rings (SSSR count). The molecule has 0 aromatic carbocycles. The van der Waals surface area contributed by atoms with Crippen LogP contribution in [0.3, 0.4) is 0 Å². The summed E-state index contributed by atoms with van der Waals surface area (Å²) in [5.41, 5.74) is 2.12. The number of thiazole rings is 1. The number of nitrogens with zero attached hydrogens (tertiary/aromatic N) is 1. The van der Waals surface area contributed by atoms with E-state index in [1.54, 1.807) is 24.7 Å². The second-order valence-electron chi connectivity index (χ2n) is 4.43. The molecule has 4 nitrogen and oxygen atoms in total. The molecule has 0 unspecified atom stereocenters. The summed E-state index contributed by atoms with van der Waals surface area (Å²) in [4.78, 5) is 5.86. The fourth-order valence-electron chi connectivity index (χ4n) is 1.84. The van der Waals surface area contributed by atoms with Gasteiger partial charge in [-0.3, -0.25) is 0 Å². The average Bonchev–Trinajstić information content (AvgIpc) is 2.97. The van der Waals surface area contributed by atoms with Gasteiger partial charge in [-0.15, -0.1) is 11.3 Å². The second kappa shape index (κ2) is 6.84. The molecule has 1 N–H and O–H groups in total. The van der Waals surface area contributed by atoms with E-state index >= 15 is 0 Å². The molecule has 0 atom stereocenters. The number of furan rings is 1. The van der Waals surface area contributed by atoms with Crippen molar-refractivity contribution in [3.05, 3.63) is 28.5 Å². The number of hydrogen-bond donors (Lipinski definition) is 1. The Morgan fingerprint density at radius 1 is 1.47 bits per heavy atom. The molecule has 0 radical (unpaired) electrons. The number of hydrogen-bond acceptors (Lipinski definition) is 5. The van der Waals surface area contributed by atoms with Gasteiger partial charge in [-0.25, -0.2) is 4.98 Å². The molecule has 0 spiro atoms. The zero-order valence-electron chi connectivity index (χ0n) is 11.7. The van der Waals surface area contributed by atoms with Crippen LogP contribution in [0.25, 0.3) is 10.8 Å². The minimum Gasteiger partial charge on any atom is -0.462 e. The van der Waals surface area contributed by atoms with Crippen LogP contribution in [0.2, 0.25) is 0 Å². The van der Waals surface area contributed by atoms with Gasteiger partial charge in [0.1, 0.15) is 0 Å². The van der Waals surface area contributed by atoms with E-state index in [0.29, 0.717) is 6.61 Å². The van der Waals surface area contributed by atoms with Gasteiger partial charge < -0.3 is 14.5 Å². The molecular formula is C14H20N2O2S. The fourth-order valence-corrected chi connectivity index (χ4v) is 2.93. The highest BCUT2D eigenvalue weighted by Gasteiger charge is 2.15. The van der Waals surface area contributed by atoms with Crippen LogP contribution in [0, 0.1) is 6.92 Å². The fraction of sp³-hybridized carbons (Fsp3) is 0.500. The summed E-state index contributed by atoms with van der Waals surface area (Å²) in [7, 11) is 1.69. The molecule has 5 heteroatoms. The molecule has 0 saturated carbocycles. The Labute approximate surface area is 117 Å². The van der Waals surface area contributed by atoms with Gasteiger partial charge >= 0.3 is 0 Å². The molecule has 0 aliphatic carbocycles. The standard InChI is InChI=1S/C14H20N2O2S/c1-4-6-15-8-12-11(9-17-3)16-14(19-12)13-10(2)5-7-18-13/h5,7,15H,4,6,8-9H2,1-3H3. The molecule has 2 heterocycles. The van der Waals surface area contributed by atoms with Crippen molar-refractivity contribution < 1.29 is 9.15 Å². The Morgan fingerprint density at radius 2 is 2.32 bits per heavy atom. The highest BCUT2D eigenvalue weighted by Crippen LogP contribution is 2.31. The van der Waals surface area contributed by atoms with E-state index in [-0.39, 0.29) is 0 Å². The molecule has 104 valence electrons. The molecule has 2 aromatic rings. The van der Waals surface area contributed by atoms with E-state index in [1.807, 2.05) is 13.0 Å². The zero-order chi connectivity index (χ0) is 13.7. The van der Waals surface area contributed by atoms with Crippen LogP contribution < -0.4 is 5.32 Å². The monoisotopic (exact) mass is 280 g/mol. The molecule has 0 amide bonds. The van der Waals surface area contributed by atoms with Crippen molar-refractivity contribution in [2.24, 2.45) is 0 Å². The third-order valence-corrected chi connectivity index (χ3v) is 3.92. The number of ether oxygens (including phenoxy) is 1. The molecule has 0 aliphatic rings. The first-order valence-electron chi connectivity index (χ1n) is 6.49. The van der Waals surface area contributed by atoms with Crippen LogP contribution in [0.5, 0.6) is 0 Å². The van der Waals surface area contributed by atoms with Gasteiger partial charge in [0.25, 0.3) is 0 Å². The van der Waals surface area contributed by atoms with Gasteiger partial charge in [-0.1, -0.05) is 6.92 Å². The third kappa shape index (κ3) is 3.43. The Morgan fingerprint density at radius 3 is 2.95 bits per heavy atom. The van der Waals surface area contributed by atoms with Crippen LogP contribution in [0.15, 0.2) is 16.7 Å². The lowest BCUT2D eigenvalue weighted by Crippen LogP contribution is -2.14. The minimum absolute atomic E-state index is 0.541. The molecule has 2 aromatic heterocycles. The first kappa shape index (κ1) is 14.2. The number of methoxy groups -OCH3 is 1.